The first kappa shape index (κ1) is 24.9. The van der Waals surface area contributed by atoms with Crippen LogP contribution in [0, 0.1) is 13.8 Å². The van der Waals surface area contributed by atoms with Crippen LogP contribution in [0.1, 0.15) is 60.4 Å². The molecule has 40 heavy (non-hydrogen) atoms. The van der Waals surface area contributed by atoms with E-state index in [2.05, 4.69) is 136 Å². The van der Waals surface area contributed by atoms with Gasteiger partial charge in [-0.3, -0.25) is 0 Å². The lowest BCUT2D eigenvalue weighted by atomic mass is 9.63. The molecule has 0 heteroatoms. The van der Waals surface area contributed by atoms with Crippen molar-refractivity contribution in [2.24, 2.45) is 0 Å². The van der Waals surface area contributed by atoms with E-state index in [1.54, 1.807) is 5.57 Å². The molecule has 0 aliphatic heterocycles. The van der Waals surface area contributed by atoms with Gasteiger partial charge in [0.1, 0.15) is 0 Å². The van der Waals surface area contributed by atoms with Crippen LogP contribution in [-0.2, 0) is 5.41 Å². The van der Waals surface area contributed by atoms with Crippen LogP contribution in [0.25, 0.3) is 33.0 Å². The van der Waals surface area contributed by atoms with E-state index in [0.29, 0.717) is 0 Å². The normalized spacial score (nSPS) is 17.8. The van der Waals surface area contributed by atoms with E-state index >= 15 is 0 Å². The van der Waals surface area contributed by atoms with E-state index in [9.17, 15) is 0 Å². The molecular weight excluding hydrogens is 480 g/mol. The van der Waals surface area contributed by atoms with Gasteiger partial charge in [-0.1, -0.05) is 128 Å². The number of fused-ring (bicyclic) bond motifs is 4. The van der Waals surface area contributed by atoms with Gasteiger partial charge in [-0.25, -0.2) is 0 Å². The second-order valence-corrected chi connectivity index (χ2v) is 11.6. The Kier molecular flexibility index (Phi) is 6.08. The number of benzene rings is 5. The zero-order valence-corrected chi connectivity index (χ0v) is 23.8. The molecule has 2 aliphatic carbocycles. The Bertz CT molecular complexity index is 1830. The van der Waals surface area contributed by atoms with E-state index in [1.807, 2.05) is 0 Å². The van der Waals surface area contributed by atoms with Gasteiger partial charge in [-0.05, 0) is 106 Å². The van der Waals surface area contributed by atoms with Gasteiger partial charge >= 0.3 is 0 Å². The second kappa shape index (κ2) is 9.79. The topological polar surface area (TPSA) is 0 Å². The molecule has 0 bridgehead atoms. The monoisotopic (exact) mass is 516 g/mol. The Morgan fingerprint density at radius 1 is 0.675 bits per heavy atom. The van der Waals surface area contributed by atoms with Gasteiger partial charge in [0.15, 0.2) is 0 Å². The summed E-state index contributed by atoms with van der Waals surface area (Å²) in [6, 6.07) is 39.0. The standard InChI is InChI=1S/C40H36/c1-4-13-29-16-8-10-22-36(29)40(35-21-9-5-15-28(35)3)37-23-12-20-33(32-19-11-14-27(2)24-32)39(37)34-25-30-17-6-7-18-31(30)26-38(34)40/h5-7,9-12,14-15,17-26H,4,8,13,16H2,1-3H3. The molecule has 0 spiro atoms. The molecule has 0 amide bonds. The summed E-state index contributed by atoms with van der Waals surface area (Å²) in [6.45, 7) is 6.82. The van der Waals surface area contributed by atoms with Gasteiger partial charge < -0.3 is 0 Å². The third-order valence-corrected chi connectivity index (χ3v) is 9.14. The lowest BCUT2D eigenvalue weighted by Crippen LogP contribution is -2.31. The van der Waals surface area contributed by atoms with E-state index in [0.717, 1.165) is 25.7 Å². The molecule has 0 heterocycles. The fourth-order valence-corrected chi connectivity index (χ4v) is 7.49. The Morgan fingerprint density at radius 3 is 2.23 bits per heavy atom. The van der Waals surface area contributed by atoms with Crippen LogP contribution in [0.15, 0.2) is 126 Å². The average molecular weight is 517 g/mol. The molecule has 1 unspecified atom stereocenters. The van der Waals surface area contributed by atoms with E-state index < -0.39 is 0 Å². The predicted octanol–water partition coefficient (Wildman–Crippen LogP) is 10.9. The Morgan fingerprint density at radius 2 is 1.43 bits per heavy atom. The van der Waals surface area contributed by atoms with Gasteiger partial charge in [-0.2, -0.15) is 0 Å². The smallest absolute Gasteiger partial charge is 0.0716 e. The minimum atomic E-state index is -0.360. The molecule has 7 rings (SSSR count). The first-order valence-electron chi connectivity index (χ1n) is 14.8. The lowest BCUT2D eigenvalue weighted by Gasteiger charge is -2.39. The summed E-state index contributed by atoms with van der Waals surface area (Å²) in [5, 5.41) is 2.61. The summed E-state index contributed by atoms with van der Waals surface area (Å²) >= 11 is 0. The number of hydrogen-bond acceptors (Lipinski definition) is 0. The molecule has 0 radical (unpaired) electrons. The molecule has 0 N–H and O–H groups in total. The highest BCUT2D eigenvalue weighted by Gasteiger charge is 2.49. The minimum Gasteiger partial charge on any atom is -0.0839 e. The van der Waals surface area contributed by atoms with Crippen molar-refractivity contribution in [2.45, 2.75) is 51.9 Å². The van der Waals surface area contributed by atoms with E-state index in [4.69, 9.17) is 0 Å². The number of rotatable bonds is 5. The Balaban J connectivity index is 1.70. The summed E-state index contributed by atoms with van der Waals surface area (Å²) < 4.78 is 0. The van der Waals surface area contributed by atoms with Crippen LogP contribution in [-0.4, -0.2) is 0 Å². The maximum absolute atomic E-state index is 2.51. The molecule has 0 nitrogen and oxygen atoms in total. The zero-order valence-electron chi connectivity index (χ0n) is 23.8. The first-order valence-corrected chi connectivity index (χ1v) is 14.8. The van der Waals surface area contributed by atoms with Crippen molar-refractivity contribution in [1.29, 1.82) is 0 Å². The van der Waals surface area contributed by atoms with Crippen LogP contribution in [0.2, 0.25) is 0 Å². The molecule has 0 saturated heterocycles. The molecule has 5 aromatic rings. The van der Waals surface area contributed by atoms with Gasteiger partial charge in [-0.15, -0.1) is 0 Å². The summed E-state index contributed by atoms with van der Waals surface area (Å²) in [5.74, 6) is 0. The molecule has 0 saturated carbocycles. The quantitative estimate of drug-likeness (QED) is 0.218. The first-order chi connectivity index (χ1) is 19.6. The maximum atomic E-state index is 2.51. The minimum absolute atomic E-state index is 0.360. The highest BCUT2D eigenvalue weighted by molar-refractivity contribution is 6.01. The summed E-state index contributed by atoms with van der Waals surface area (Å²) in [4.78, 5) is 0. The lowest BCUT2D eigenvalue weighted by molar-refractivity contribution is 0.703. The maximum Gasteiger partial charge on any atom is 0.0716 e. The van der Waals surface area contributed by atoms with Crippen LogP contribution in [0.3, 0.4) is 0 Å². The molecule has 2 aliphatic rings. The van der Waals surface area contributed by atoms with Crippen molar-refractivity contribution in [2.75, 3.05) is 0 Å². The highest BCUT2D eigenvalue weighted by atomic mass is 14.5. The largest absolute Gasteiger partial charge is 0.0839 e. The van der Waals surface area contributed by atoms with Gasteiger partial charge in [0, 0.05) is 0 Å². The van der Waals surface area contributed by atoms with Crippen LogP contribution in [0.4, 0.5) is 0 Å². The molecule has 1 atom stereocenters. The van der Waals surface area contributed by atoms with Crippen LogP contribution < -0.4 is 0 Å². The highest BCUT2D eigenvalue weighted by Crippen LogP contribution is 2.61. The third kappa shape index (κ3) is 3.66. The van der Waals surface area contributed by atoms with E-state index in [1.165, 1.54) is 66.4 Å². The van der Waals surface area contributed by atoms with Crippen molar-refractivity contribution in [3.8, 4) is 22.3 Å². The van der Waals surface area contributed by atoms with Gasteiger partial charge in [0.05, 0.1) is 5.41 Å². The second-order valence-electron chi connectivity index (χ2n) is 11.6. The Labute approximate surface area is 238 Å². The third-order valence-electron chi connectivity index (χ3n) is 9.14. The summed E-state index contributed by atoms with van der Waals surface area (Å²) in [7, 11) is 0. The average Bonchev–Trinajstić information content (AvgIpc) is 3.26. The summed E-state index contributed by atoms with van der Waals surface area (Å²) in [6.07, 6.45) is 9.47. The van der Waals surface area contributed by atoms with E-state index in [-0.39, 0.29) is 5.41 Å². The fraction of sp³-hybridized carbons (Fsp3) is 0.200. The molecule has 5 aromatic carbocycles. The van der Waals surface area contributed by atoms with Gasteiger partial charge in [0.2, 0.25) is 0 Å². The van der Waals surface area contributed by atoms with Crippen LogP contribution >= 0.6 is 0 Å². The van der Waals surface area contributed by atoms with Gasteiger partial charge in [0.25, 0.3) is 0 Å². The van der Waals surface area contributed by atoms with Crippen LogP contribution in [0.5, 0.6) is 0 Å². The van der Waals surface area contributed by atoms with Crippen molar-refractivity contribution in [3.05, 3.63) is 154 Å². The molecule has 0 aromatic heterocycles. The number of aryl methyl sites for hydroxylation is 2. The van der Waals surface area contributed by atoms with Crippen molar-refractivity contribution in [3.63, 3.8) is 0 Å². The zero-order chi connectivity index (χ0) is 27.3. The van der Waals surface area contributed by atoms with Crippen molar-refractivity contribution >= 4 is 10.8 Å². The van der Waals surface area contributed by atoms with Crippen molar-refractivity contribution < 1.29 is 0 Å². The predicted molar refractivity (Wildman–Crippen MR) is 171 cm³/mol. The molecule has 0 fully saturated rings. The SMILES string of the molecule is CCCC1=C(C2(c3ccccc3C)c3cc4ccccc4cc3-c3c(-c4cccc(C)c4)cccc32)C=CCC1. The number of allylic oxidation sites excluding steroid dienone is 4. The molecule has 196 valence electrons. The Hall–Kier alpha value is -4.16. The summed E-state index contributed by atoms with van der Waals surface area (Å²) in [5.41, 5.74) is 15.0. The molecular formula is C40H36. The fourth-order valence-electron chi connectivity index (χ4n) is 7.49. The number of hydrogen-bond donors (Lipinski definition) is 0. The van der Waals surface area contributed by atoms with Crippen molar-refractivity contribution in [1.82, 2.24) is 0 Å².